The molecule has 0 saturated heterocycles. The Balaban J connectivity index is 1.87. The molecule has 134 valence electrons. The van der Waals surface area contributed by atoms with E-state index in [1.807, 2.05) is 45.0 Å². The van der Waals surface area contributed by atoms with Gasteiger partial charge in [0.15, 0.2) is 6.10 Å². The Labute approximate surface area is 154 Å². The van der Waals surface area contributed by atoms with Crippen LogP contribution in [0.5, 0.6) is 11.5 Å². The quantitative estimate of drug-likeness (QED) is 0.747. The van der Waals surface area contributed by atoms with Crippen LogP contribution < -0.4 is 14.8 Å². The SMILES string of the molecule is CC[C@@H](Oc1ccc(Cl)cc1)C(=O)NCc1ccc(OC(C)C)cc1. The van der Waals surface area contributed by atoms with Crippen molar-refractivity contribution in [3.8, 4) is 11.5 Å². The normalized spacial score (nSPS) is 11.9. The number of rotatable bonds is 8. The summed E-state index contributed by atoms with van der Waals surface area (Å²) in [4.78, 5) is 12.3. The average Bonchev–Trinajstić information content (AvgIpc) is 2.60. The Morgan fingerprint density at radius 1 is 1.00 bits per heavy atom. The summed E-state index contributed by atoms with van der Waals surface area (Å²) in [6, 6.07) is 14.7. The van der Waals surface area contributed by atoms with Crippen LogP contribution in [0.25, 0.3) is 0 Å². The minimum absolute atomic E-state index is 0.139. The third-order valence-corrected chi connectivity index (χ3v) is 3.77. The van der Waals surface area contributed by atoms with Gasteiger partial charge in [-0.2, -0.15) is 0 Å². The van der Waals surface area contributed by atoms with Crippen LogP contribution in [0.15, 0.2) is 48.5 Å². The molecule has 1 amide bonds. The number of benzene rings is 2. The Kier molecular flexibility index (Phi) is 7.14. The highest BCUT2D eigenvalue weighted by atomic mass is 35.5. The molecular formula is C20H24ClNO3. The molecule has 2 aromatic rings. The fourth-order valence-electron chi connectivity index (χ4n) is 2.26. The minimum Gasteiger partial charge on any atom is -0.491 e. The van der Waals surface area contributed by atoms with E-state index in [0.29, 0.717) is 23.7 Å². The molecule has 5 heteroatoms. The molecule has 0 radical (unpaired) electrons. The van der Waals surface area contributed by atoms with E-state index in [0.717, 1.165) is 11.3 Å². The van der Waals surface area contributed by atoms with Crippen LogP contribution in [0.3, 0.4) is 0 Å². The van der Waals surface area contributed by atoms with Crippen molar-refractivity contribution in [2.24, 2.45) is 0 Å². The van der Waals surface area contributed by atoms with Crippen LogP contribution in [0.2, 0.25) is 5.02 Å². The van der Waals surface area contributed by atoms with Gasteiger partial charge in [-0.15, -0.1) is 0 Å². The lowest BCUT2D eigenvalue weighted by Crippen LogP contribution is -2.37. The van der Waals surface area contributed by atoms with Gasteiger partial charge in [0.1, 0.15) is 11.5 Å². The van der Waals surface area contributed by atoms with E-state index in [1.54, 1.807) is 24.3 Å². The number of hydrogen-bond acceptors (Lipinski definition) is 3. The minimum atomic E-state index is -0.537. The van der Waals surface area contributed by atoms with Gasteiger partial charge < -0.3 is 14.8 Å². The van der Waals surface area contributed by atoms with Crippen LogP contribution >= 0.6 is 11.6 Å². The lowest BCUT2D eigenvalue weighted by Gasteiger charge is -2.17. The van der Waals surface area contributed by atoms with Crippen molar-refractivity contribution in [1.29, 1.82) is 0 Å². The Hall–Kier alpha value is -2.20. The van der Waals surface area contributed by atoms with E-state index < -0.39 is 6.10 Å². The third-order valence-electron chi connectivity index (χ3n) is 3.52. The Morgan fingerprint density at radius 3 is 2.12 bits per heavy atom. The van der Waals surface area contributed by atoms with E-state index in [9.17, 15) is 4.79 Å². The summed E-state index contributed by atoms with van der Waals surface area (Å²) in [6.45, 7) is 6.33. The summed E-state index contributed by atoms with van der Waals surface area (Å²) in [5.74, 6) is 1.31. The van der Waals surface area contributed by atoms with Crippen molar-refractivity contribution >= 4 is 17.5 Å². The molecular weight excluding hydrogens is 338 g/mol. The number of nitrogens with one attached hydrogen (secondary N) is 1. The summed E-state index contributed by atoms with van der Waals surface area (Å²) in [6.07, 6.45) is 0.181. The first-order valence-electron chi connectivity index (χ1n) is 8.43. The fraction of sp³-hybridized carbons (Fsp3) is 0.350. The number of carbonyl (C=O) groups is 1. The average molecular weight is 362 g/mol. The van der Waals surface area contributed by atoms with Gasteiger partial charge in [0.05, 0.1) is 6.10 Å². The maximum Gasteiger partial charge on any atom is 0.261 e. The van der Waals surface area contributed by atoms with E-state index in [2.05, 4.69) is 5.32 Å². The van der Waals surface area contributed by atoms with Crippen molar-refractivity contribution in [2.75, 3.05) is 0 Å². The number of ether oxygens (including phenoxy) is 2. The largest absolute Gasteiger partial charge is 0.491 e. The first-order valence-corrected chi connectivity index (χ1v) is 8.81. The second-order valence-electron chi connectivity index (χ2n) is 6.00. The summed E-state index contributed by atoms with van der Waals surface area (Å²) >= 11 is 5.86. The topological polar surface area (TPSA) is 47.6 Å². The van der Waals surface area contributed by atoms with Gasteiger partial charge in [-0.25, -0.2) is 0 Å². The van der Waals surface area contributed by atoms with Gasteiger partial charge in [0.2, 0.25) is 0 Å². The molecule has 1 N–H and O–H groups in total. The van der Waals surface area contributed by atoms with Gasteiger partial charge in [0.25, 0.3) is 5.91 Å². The van der Waals surface area contributed by atoms with Crippen LogP contribution in [0.4, 0.5) is 0 Å². The maximum atomic E-state index is 12.3. The smallest absolute Gasteiger partial charge is 0.261 e. The van der Waals surface area contributed by atoms with Gasteiger partial charge in [-0.05, 0) is 62.2 Å². The number of halogens is 1. The van der Waals surface area contributed by atoms with Crippen molar-refractivity contribution in [3.05, 3.63) is 59.1 Å². The Bertz CT molecular complexity index is 668. The number of amides is 1. The molecule has 25 heavy (non-hydrogen) atoms. The van der Waals surface area contributed by atoms with E-state index in [1.165, 1.54) is 0 Å². The molecule has 0 aliphatic carbocycles. The van der Waals surface area contributed by atoms with E-state index >= 15 is 0 Å². The second-order valence-corrected chi connectivity index (χ2v) is 6.43. The molecule has 0 heterocycles. The molecule has 0 fully saturated rings. The molecule has 0 bridgehead atoms. The zero-order chi connectivity index (χ0) is 18.2. The van der Waals surface area contributed by atoms with Crippen LogP contribution in [-0.4, -0.2) is 18.1 Å². The summed E-state index contributed by atoms with van der Waals surface area (Å²) in [5.41, 5.74) is 1.01. The summed E-state index contributed by atoms with van der Waals surface area (Å²) in [5, 5.41) is 3.55. The maximum absolute atomic E-state index is 12.3. The van der Waals surface area contributed by atoms with Crippen molar-refractivity contribution < 1.29 is 14.3 Å². The fourth-order valence-corrected chi connectivity index (χ4v) is 2.39. The third kappa shape index (κ3) is 6.31. The predicted octanol–water partition coefficient (Wildman–Crippen LogP) is 4.60. The molecule has 0 unspecified atom stereocenters. The molecule has 4 nitrogen and oxygen atoms in total. The zero-order valence-corrected chi connectivity index (χ0v) is 15.5. The molecule has 1 atom stereocenters. The Morgan fingerprint density at radius 2 is 1.56 bits per heavy atom. The van der Waals surface area contributed by atoms with E-state index in [-0.39, 0.29) is 12.0 Å². The van der Waals surface area contributed by atoms with Crippen molar-refractivity contribution in [3.63, 3.8) is 0 Å². The lowest BCUT2D eigenvalue weighted by molar-refractivity contribution is -0.128. The molecule has 0 saturated carbocycles. The van der Waals surface area contributed by atoms with Gasteiger partial charge >= 0.3 is 0 Å². The van der Waals surface area contributed by atoms with Gasteiger partial charge in [0, 0.05) is 11.6 Å². The highest BCUT2D eigenvalue weighted by molar-refractivity contribution is 6.30. The molecule has 2 rings (SSSR count). The first kappa shape index (κ1) is 19.1. The van der Waals surface area contributed by atoms with Crippen LogP contribution in [0.1, 0.15) is 32.8 Å². The van der Waals surface area contributed by atoms with E-state index in [4.69, 9.17) is 21.1 Å². The molecule has 0 spiro atoms. The van der Waals surface area contributed by atoms with Gasteiger partial charge in [-0.3, -0.25) is 4.79 Å². The molecule has 0 aliphatic rings. The summed E-state index contributed by atoms with van der Waals surface area (Å²) in [7, 11) is 0. The summed E-state index contributed by atoms with van der Waals surface area (Å²) < 4.78 is 11.3. The van der Waals surface area contributed by atoms with Crippen molar-refractivity contribution in [1.82, 2.24) is 5.32 Å². The first-order chi connectivity index (χ1) is 12.0. The van der Waals surface area contributed by atoms with Gasteiger partial charge in [-0.1, -0.05) is 30.7 Å². The lowest BCUT2D eigenvalue weighted by atomic mass is 10.2. The molecule has 2 aromatic carbocycles. The van der Waals surface area contributed by atoms with Crippen molar-refractivity contribution in [2.45, 2.75) is 45.9 Å². The second kappa shape index (κ2) is 9.33. The zero-order valence-electron chi connectivity index (χ0n) is 14.8. The molecule has 0 aliphatic heterocycles. The monoisotopic (exact) mass is 361 g/mol. The van der Waals surface area contributed by atoms with Crippen LogP contribution in [0, 0.1) is 0 Å². The standard InChI is InChI=1S/C20H24ClNO3/c1-4-19(25-18-11-7-16(21)8-12-18)20(23)22-13-15-5-9-17(10-6-15)24-14(2)3/h5-12,14,19H,4,13H2,1-3H3,(H,22,23)/t19-/m1/s1. The number of hydrogen-bond donors (Lipinski definition) is 1. The number of carbonyl (C=O) groups excluding carboxylic acids is 1. The molecule has 0 aromatic heterocycles. The van der Waals surface area contributed by atoms with Crippen LogP contribution in [-0.2, 0) is 11.3 Å². The highest BCUT2D eigenvalue weighted by Crippen LogP contribution is 2.18. The highest BCUT2D eigenvalue weighted by Gasteiger charge is 2.18. The predicted molar refractivity (Wildman–Crippen MR) is 100 cm³/mol.